The molecule has 0 bridgehead atoms. The van der Waals surface area contributed by atoms with Crippen LogP contribution in [0.3, 0.4) is 0 Å². The van der Waals surface area contributed by atoms with E-state index in [0.717, 1.165) is 25.5 Å². The quantitative estimate of drug-likeness (QED) is 0.864. The zero-order valence-electron chi connectivity index (χ0n) is 10.7. The molecule has 17 heavy (non-hydrogen) atoms. The van der Waals surface area contributed by atoms with Gasteiger partial charge in [0.2, 0.25) is 5.95 Å². The average molecular weight is 235 g/mol. The second-order valence-electron chi connectivity index (χ2n) is 4.96. The molecule has 0 radical (unpaired) electrons. The van der Waals surface area contributed by atoms with Crippen molar-refractivity contribution < 1.29 is 0 Å². The van der Waals surface area contributed by atoms with Gasteiger partial charge in [0.15, 0.2) is 5.82 Å². The third-order valence-corrected chi connectivity index (χ3v) is 2.89. The summed E-state index contributed by atoms with van der Waals surface area (Å²) in [5.41, 5.74) is 0. The molecule has 2 heterocycles. The molecule has 2 rings (SSSR count). The molecule has 94 valence electrons. The first-order valence-corrected chi connectivity index (χ1v) is 6.44. The summed E-state index contributed by atoms with van der Waals surface area (Å²) in [5, 5.41) is 11.2. The first-order chi connectivity index (χ1) is 8.25. The second kappa shape index (κ2) is 5.80. The highest BCUT2D eigenvalue weighted by molar-refractivity contribution is 5.40. The van der Waals surface area contributed by atoms with Crippen LogP contribution < -0.4 is 10.2 Å². The van der Waals surface area contributed by atoms with Crippen LogP contribution in [0.1, 0.15) is 33.1 Å². The van der Waals surface area contributed by atoms with Crippen LogP contribution in [0.15, 0.2) is 6.20 Å². The summed E-state index contributed by atoms with van der Waals surface area (Å²) in [6.07, 6.45) is 5.58. The Morgan fingerprint density at radius 1 is 1.29 bits per heavy atom. The van der Waals surface area contributed by atoms with E-state index in [1.165, 1.54) is 19.3 Å². The number of nitrogens with one attached hydrogen (secondary N) is 1. The van der Waals surface area contributed by atoms with E-state index in [-0.39, 0.29) is 0 Å². The molecule has 5 heteroatoms. The van der Waals surface area contributed by atoms with Gasteiger partial charge in [0.05, 0.1) is 6.20 Å². The third-order valence-electron chi connectivity index (χ3n) is 2.89. The van der Waals surface area contributed by atoms with Gasteiger partial charge < -0.3 is 10.2 Å². The standard InChI is InChI=1S/C12H21N5/c1-10(2)8-13-12-15-11(9-14-16-12)17-6-4-3-5-7-17/h9-10H,3-8H2,1-2H3,(H,13,15,16). The van der Waals surface area contributed by atoms with Crippen LogP contribution in [0, 0.1) is 5.92 Å². The molecule has 0 spiro atoms. The van der Waals surface area contributed by atoms with Crippen LogP contribution in [0.5, 0.6) is 0 Å². The van der Waals surface area contributed by atoms with E-state index in [4.69, 9.17) is 0 Å². The van der Waals surface area contributed by atoms with Gasteiger partial charge in [0.1, 0.15) is 0 Å². The lowest BCUT2D eigenvalue weighted by molar-refractivity contribution is 0.571. The van der Waals surface area contributed by atoms with Gasteiger partial charge >= 0.3 is 0 Å². The van der Waals surface area contributed by atoms with Gasteiger partial charge in [-0.2, -0.15) is 10.1 Å². The Morgan fingerprint density at radius 3 is 2.76 bits per heavy atom. The van der Waals surface area contributed by atoms with Crippen molar-refractivity contribution in [3.8, 4) is 0 Å². The van der Waals surface area contributed by atoms with Gasteiger partial charge in [0.25, 0.3) is 0 Å². The second-order valence-corrected chi connectivity index (χ2v) is 4.96. The lowest BCUT2D eigenvalue weighted by Crippen LogP contribution is -2.30. The third kappa shape index (κ3) is 3.54. The first-order valence-electron chi connectivity index (χ1n) is 6.44. The van der Waals surface area contributed by atoms with Gasteiger partial charge in [-0.1, -0.05) is 13.8 Å². The summed E-state index contributed by atoms with van der Waals surface area (Å²) in [5.74, 6) is 2.17. The minimum absolute atomic E-state index is 0.581. The van der Waals surface area contributed by atoms with Crippen LogP contribution in [0.4, 0.5) is 11.8 Å². The topological polar surface area (TPSA) is 53.9 Å². The molecule has 0 aliphatic carbocycles. The van der Waals surface area contributed by atoms with Crippen LogP contribution in [-0.2, 0) is 0 Å². The highest BCUT2D eigenvalue weighted by Gasteiger charge is 2.13. The number of anilines is 2. The zero-order valence-corrected chi connectivity index (χ0v) is 10.7. The van der Waals surface area contributed by atoms with Crippen molar-refractivity contribution in [2.45, 2.75) is 33.1 Å². The van der Waals surface area contributed by atoms with Gasteiger partial charge in [-0.25, -0.2) is 0 Å². The zero-order chi connectivity index (χ0) is 12.1. The number of rotatable bonds is 4. The van der Waals surface area contributed by atoms with E-state index in [2.05, 4.69) is 39.2 Å². The molecule has 0 saturated carbocycles. The van der Waals surface area contributed by atoms with E-state index in [9.17, 15) is 0 Å². The van der Waals surface area contributed by atoms with E-state index in [1.807, 2.05) is 0 Å². The Hall–Kier alpha value is -1.39. The highest BCUT2D eigenvalue weighted by Crippen LogP contribution is 2.17. The molecule has 0 aromatic carbocycles. The normalized spacial score (nSPS) is 16.3. The molecule has 0 unspecified atom stereocenters. The smallest absolute Gasteiger partial charge is 0.244 e. The summed E-state index contributed by atoms with van der Waals surface area (Å²) in [6.45, 7) is 7.37. The van der Waals surface area contributed by atoms with Gasteiger partial charge in [0, 0.05) is 19.6 Å². The molecule has 1 aliphatic rings. The van der Waals surface area contributed by atoms with Crippen molar-refractivity contribution in [2.75, 3.05) is 29.9 Å². The van der Waals surface area contributed by atoms with Crippen LogP contribution in [-0.4, -0.2) is 34.8 Å². The summed E-state index contributed by atoms with van der Waals surface area (Å²) in [6, 6.07) is 0. The molecule has 1 aromatic heterocycles. The Bertz CT molecular complexity index is 347. The average Bonchev–Trinajstić information content (AvgIpc) is 2.38. The summed E-state index contributed by atoms with van der Waals surface area (Å²) in [7, 11) is 0. The lowest BCUT2D eigenvalue weighted by Gasteiger charge is -2.27. The van der Waals surface area contributed by atoms with Crippen molar-refractivity contribution in [1.82, 2.24) is 15.2 Å². The van der Waals surface area contributed by atoms with Gasteiger partial charge in [-0.3, -0.25) is 0 Å². The SMILES string of the molecule is CC(C)CNc1nncc(N2CCCCC2)n1. The Kier molecular flexibility index (Phi) is 4.12. The van der Waals surface area contributed by atoms with E-state index in [0.29, 0.717) is 11.9 Å². The largest absolute Gasteiger partial charge is 0.355 e. The van der Waals surface area contributed by atoms with Gasteiger partial charge in [-0.15, -0.1) is 5.10 Å². The number of hydrogen-bond donors (Lipinski definition) is 1. The molecule has 1 saturated heterocycles. The van der Waals surface area contributed by atoms with Crippen molar-refractivity contribution in [1.29, 1.82) is 0 Å². The maximum atomic E-state index is 4.51. The number of nitrogens with zero attached hydrogens (tertiary/aromatic N) is 4. The summed E-state index contributed by atoms with van der Waals surface area (Å²) >= 11 is 0. The van der Waals surface area contributed by atoms with Crippen molar-refractivity contribution in [2.24, 2.45) is 5.92 Å². The number of piperidine rings is 1. The van der Waals surface area contributed by atoms with E-state index in [1.54, 1.807) is 6.20 Å². The number of hydrogen-bond acceptors (Lipinski definition) is 5. The van der Waals surface area contributed by atoms with E-state index < -0.39 is 0 Å². The molecule has 0 amide bonds. The number of aromatic nitrogens is 3. The van der Waals surface area contributed by atoms with E-state index >= 15 is 0 Å². The minimum Gasteiger partial charge on any atom is -0.355 e. The fourth-order valence-corrected chi connectivity index (χ4v) is 1.94. The Labute approximate surface area is 103 Å². The fourth-order valence-electron chi connectivity index (χ4n) is 1.94. The van der Waals surface area contributed by atoms with Crippen molar-refractivity contribution in [3.05, 3.63) is 6.20 Å². The molecular formula is C12H21N5. The van der Waals surface area contributed by atoms with Crippen LogP contribution in [0.2, 0.25) is 0 Å². The Balaban J connectivity index is 2.00. The van der Waals surface area contributed by atoms with Crippen LogP contribution in [0.25, 0.3) is 0 Å². The highest BCUT2D eigenvalue weighted by atomic mass is 15.3. The predicted octanol–water partition coefficient (Wildman–Crippen LogP) is 1.93. The molecule has 1 aromatic rings. The first kappa shape index (κ1) is 12.1. The molecular weight excluding hydrogens is 214 g/mol. The summed E-state index contributed by atoms with van der Waals surface area (Å²) < 4.78 is 0. The van der Waals surface area contributed by atoms with Gasteiger partial charge in [-0.05, 0) is 25.2 Å². The predicted molar refractivity (Wildman–Crippen MR) is 69.2 cm³/mol. The van der Waals surface area contributed by atoms with Crippen molar-refractivity contribution >= 4 is 11.8 Å². The molecule has 1 aliphatic heterocycles. The molecule has 1 N–H and O–H groups in total. The minimum atomic E-state index is 0.581. The van der Waals surface area contributed by atoms with Crippen molar-refractivity contribution in [3.63, 3.8) is 0 Å². The molecule has 5 nitrogen and oxygen atoms in total. The monoisotopic (exact) mass is 235 g/mol. The molecule has 1 fully saturated rings. The maximum absolute atomic E-state index is 4.51. The van der Waals surface area contributed by atoms with Crippen LogP contribution >= 0.6 is 0 Å². The molecule has 0 atom stereocenters. The maximum Gasteiger partial charge on any atom is 0.244 e. The fraction of sp³-hybridized carbons (Fsp3) is 0.750. The lowest BCUT2D eigenvalue weighted by atomic mass is 10.1. The summed E-state index contributed by atoms with van der Waals surface area (Å²) in [4.78, 5) is 6.80. The Morgan fingerprint density at radius 2 is 2.06 bits per heavy atom.